The van der Waals surface area contributed by atoms with E-state index in [4.69, 9.17) is 29.8 Å². The summed E-state index contributed by atoms with van der Waals surface area (Å²) in [6.45, 7) is 11.8. The third-order valence-electron chi connectivity index (χ3n) is 6.82. The van der Waals surface area contributed by atoms with E-state index in [0.717, 1.165) is 5.56 Å². The molecule has 0 bridgehead atoms. The Morgan fingerprint density at radius 2 is 1.97 bits per heavy atom. The second-order valence-corrected chi connectivity index (χ2v) is 10.4. The number of carbonyl (C=O) groups is 3. The van der Waals surface area contributed by atoms with Gasteiger partial charge >= 0.3 is 6.17 Å². The largest absolute Gasteiger partial charge is 0.330 e. The minimum atomic E-state index is -0.980. The van der Waals surface area contributed by atoms with Crippen LogP contribution in [0.4, 0.5) is 5.69 Å². The Hall–Kier alpha value is -3.08. The molecule has 2 aromatic carbocycles. The van der Waals surface area contributed by atoms with Crippen LogP contribution in [0.5, 0.6) is 0 Å². The molecule has 4 rings (SSSR count). The van der Waals surface area contributed by atoms with Crippen molar-refractivity contribution in [2.75, 3.05) is 18.9 Å². The second-order valence-electron chi connectivity index (χ2n) is 9.55. The Labute approximate surface area is 214 Å². The zero-order valence-electron chi connectivity index (χ0n) is 19.7. The molecule has 0 saturated carbocycles. The molecule has 2 heterocycles. The number of amides is 3. The minimum absolute atomic E-state index is 0.0834. The van der Waals surface area contributed by atoms with Crippen LogP contribution in [0.25, 0.3) is 4.85 Å². The fourth-order valence-corrected chi connectivity index (χ4v) is 5.50. The van der Waals surface area contributed by atoms with Crippen LogP contribution in [0.3, 0.4) is 0 Å². The molecule has 3 amide bonds. The first kappa shape index (κ1) is 25.0. The number of benzene rings is 2. The SMILES string of the molecule is [C-]#[N+][C@@H]1C[C@@]2(CN1C(=O)[C@H](CC(C)C)N(C)C(=O)c1ccc(Cl)cc1Cl)C(=O)Nc1ccccc12. The highest BCUT2D eigenvalue weighted by molar-refractivity contribution is 6.36. The highest BCUT2D eigenvalue weighted by Gasteiger charge is 2.59. The van der Waals surface area contributed by atoms with E-state index < -0.39 is 23.5 Å². The van der Waals surface area contributed by atoms with Crippen LogP contribution in [-0.4, -0.2) is 53.3 Å². The summed E-state index contributed by atoms with van der Waals surface area (Å²) in [6.07, 6.45) is -0.208. The van der Waals surface area contributed by atoms with E-state index in [2.05, 4.69) is 10.2 Å². The first-order chi connectivity index (χ1) is 16.6. The first-order valence-corrected chi connectivity index (χ1v) is 12.1. The van der Waals surface area contributed by atoms with Crippen LogP contribution in [0.1, 0.15) is 42.6 Å². The van der Waals surface area contributed by atoms with Crippen LogP contribution in [0, 0.1) is 12.5 Å². The first-order valence-electron chi connectivity index (χ1n) is 11.4. The molecule has 1 N–H and O–H groups in total. The molecule has 1 spiro atoms. The van der Waals surface area contributed by atoms with Gasteiger partial charge in [0.2, 0.25) is 5.91 Å². The van der Waals surface area contributed by atoms with Crippen molar-refractivity contribution in [3.8, 4) is 0 Å². The maximum absolute atomic E-state index is 13.9. The van der Waals surface area contributed by atoms with E-state index in [1.165, 1.54) is 21.9 Å². The maximum Gasteiger partial charge on any atom is 0.302 e. The molecule has 9 heteroatoms. The van der Waals surface area contributed by atoms with Gasteiger partial charge in [-0.3, -0.25) is 24.1 Å². The topological polar surface area (TPSA) is 74.1 Å². The van der Waals surface area contributed by atoms with E-state index in [9.17, 15) is 14.4 Å². The van der Waals surface area contributed by atoms with Crippen molar-refractivity contribution in [3.05, 3.63) is 75.1 Å². The van der Waals surface area contributed by atoms with Gasteiger partial charge in [-0.15, -0.1) is 0 Å². The number of hydrogen-bond acceptors (Lipinski definition) is 3. The summed E-state index contributed by atoms with van der Waals surface area (Å²) in [5.74, 6) is -0.878. The molecule has 2 aliphatic rings. The molecule has 0 aromatic heterocycles. The van der Waals surface area contributed by atoms with Gasteiger partial charge in [0.1, 0.15) is 11.5 Å². The molecule has 0 aliphatic carbocycles. The fraction of sp³-hybridized carbons (Fsp3) is 0.385. The average molecular weight is 513 g/mol. The Bertz CT molecular complexity index is 1240. The monoisotopic (exact) mass is 512 g/mol. The number of likely N-dealkylation sites (tertiary alicyclic amines) is 1. The van der Waals surface area contributed by atoms with Gasteiger partial charge in [0.25, 0.3) is 11.8 Å². The molecule has 7 nitrogen and oxygen atoms in total. The lowest BCUT2D eigenvalue weighted by Crippen LogP contribution is -2.51. The molecule has 2 aliphatic heterocycles. The Morgan fingerprint density at radius 3 is 2.63 bits per heavy atom. The number of nitrogens with one attached hydrogen (secondary N) is 1. The van der Waals surface area contributed by atoms with Gasteiger partial charge in [-0.05, 0) is 42.2 Å². The summed E-state index contributed by atoms with van der Waals surface area (Å²) in [5, 5.41) is 3.50. The van der Waals surface area contributed by atoms with Crippen molar-refractivity contribution < 1.29 is 14.4 Å². The number of anilines is 1. The number of carbonyl (C=O) groups excluding carboxylic acids is 3. The number of rotatable bonds is 5. The second kappa shape index (κ2) is 9.52. The third-order valence-corrected chi connectivity index (χ3v) is 7.37. The standard InChI is InChI=1S/C26H26Cl2N4O3/c1-15(2)11-21(31(4)23(33)17-10-9-16(27)12-19(17)28)24(34)32-14-26(13-22(32)29-3)18-7-5-6-8-20(18)30-25(26)35/h5-10,12,15,21-22H,11,13-14H2,1-2,4H3,(H,30,35)/t21-,22-,26-/m0/s1. The van der Waals surface area contributed by atoms with Gasteiger partial charge < -0.3 is 10.2 Å². The average Bonchev–Trinajstić information content (AvgIpc) is 3.34. The van der Waals surface area contributed by atoms with Crippen LogP contribution in [0.15, 0.2) is 42.5 Å². The van der Waals surface area contributed by atoms with Crippen LogP contribution in [-0.2, 0) is 15.0 Å². The van der Waals surface area contributed by atoms with Crippen molar-refractivity contribution in [1.29, 1.82) is 0 Å². The van der Waals surface area contributed by atoms with Crippen molar-refractivity contribution in [3.63, 3.8) is 0 Å². The zero-order chi connectivity index (χ0) is 25.5. The van der Waals surface area contributed by atoms with Gasteiger partial charge in [0.15, 0.2) is 0 Å². The Morgan fingerprint density at radius 1 is 1.26 bits per heavy atom. The fourth-order valence-electron chi connectivity index (χ4n) is 5.01. The van der Waals surface area contributed by atoms with Crippen molar-refractivity contribution in [1.82, 2.24) is 9.80 Å². The van der Waals surface area contributed by atoms with E-state index in [1.54, 1.807) is 13.1 Å². The molecule has 35 heavy (non-hydrogen) atoms. The number of fused-ring (bicyclic) bond motifs is 2. The molecule has 2 aromatic rings. The normalized spacial score (nSPS) is 21.6. The van der Waals surface area contributed by atoms with Gasteiger partial charge in [0, 0.05) is 24.3 Å². The molecule has 0 radical (unpaired) electrons. The molecule has 182 valence electrons. The molecular weight excluding hydrogens is 487 g/mol. The highest BCUT2D eigenvalue weighted by Crippen LogP contribution is 2.47. The molecule has 1 saturated heterocycles. The number of nitrogens with zero attached hydrogens (tertiary/aromatic N) is 3. The Balaban J connectivity index is 1.67. The predicted molar refractivity (Wildman–Crippen MR) is 135 cm³/mol. The summed E-state index contributed by atoms with van der Waals surface area (Å²) < 4.78 is 0. The number of hydrogen-bond donors (Lipinski definition) is 1. The van der Waals surface area contributed by atoms with Gasteiger partial charge in [-0.25, -0.2) is 6.57 Å². The summed E-state index contributed by atoms with van der Waals surface area (Å²) in [6, 6.07) is 11.1. The smallest absolute Gasteiger partial charge is 0.302 e. The van der Waals surface area contributed by atoms with E-state index in [0.29, 0.717) is 17.1 Å². The van der Waals surface area contributed by atoms with Crippen molar-refractivity contribution in [2.24, 2.45) is 5.92 Å². The van der Waals surface area contributed by atoms with E-state index >= 15 is 0 Å². The summed E-state index contributed by atoms with van der Waals surface area (Å²) >= 11 is 12.2. The maximum atomic E-state index is 13.9. The Kier molecular flexibility index (Phi) is 6.81. The van der Waals surface area contributed by atoms with Crippen molar-refractivity contribution in [2.45, 2.75) is 44.3 Å². The lowest BCUT2D eigenvalue weighted by Gasteiger charge is -2.32. The number of likely N-dealkylation sites (N-methyl/N-ethyl adjacent to an activating group) is 1. The summed E-state index contributed by atoms with van der Waals surface area (Å²) in [5.41, 5.74) is 0.765. The molecular formula is C26H26Cl2N4O3. The van der Waals surface area contributed by atoms with Crippen LogP contribution >= 0.6 is 23.2 Å². The van der Waals surface area contributed by atoms with Crippen LogP contribution in [0.2, 0.25) is 10.0 Å². The summed E-state index contributed by atoms with van der Waals surface area (Å²) in [7, 11) is 1.56. The van der Waals surface area contributed by atoms with Crippen molar-refractivity contribution >= 4 is 46.6 Å². The van der Waals surface area contributed by atoms with Gasteiger partial charge in [-0.2, -0.15) is 0 Å². The lowest BCUT2D eigenvalue weighted by atomic mass is 9.80. The highest BCUT2D eigenvalue weighted by atomic mass is 35.5. The van der Waals surface area contributed by atoms with E-state index in [-0.39, 0.29) is 41.3 Å². The molecule has 0 unspecified atom stereocenters. The zero-order valence-corrected chi connectivity index (χ0v) is 21.2. The third kappa shape index (κ3) is 4.37. The number of halogens is 2. The minimum Gasteiger partial charge on any atom is -0.330 e. The van der Waals surface area contributed by atoms with E-state index in [1.807, 2.05) is 38.1 Å². The van der Waals surface area contributed by atoms with Gasteiger partial charge in [-0.1, -0.05) is 55.2 Å². The predicted octanol–water partition coefficient (Wildman–Crippen LogP) is 4.85. The quantitative estimate of drug-likeness (QED) is 0.582. The van der Waals surface area contributed by atoms with Gasteiger partial charge in [0.05, 0.1) is 17.0 Å². The molecule has 3 atom stereocenters. The van der Waals surface area contributed by atoms with Crippen LogP contribution < -0.4 is 5.32 Å². The number of para-hydroxylation sites is 1. The summed E-state index contributed by atoms with van der Waals surface area (Å²) in [4.78, 5) is 46.9. The molecule has 1 fully saturated rings. The lowest BCUT2D eigenvalue weighted by molar-refractivity contribution is -0.136.